The molecule has 2 aromatic carbocycles. The van der Waals surface area contributed by atoms with E-state index in [1.54, 1.807) is 31.2 Å². The molecule has 0 aliphatic heterocycles. The molecule has 8 nitrogen and oxygen atoms in total. The van der Waals surface area contributed by atoms with E-state index in [0.717, 1.165) is 10.2 Å². The highest BCUT2D eigenvalue weighted by Crippen LogP contribution is 2.16. The third-order valence-electron chi connectivity index (χ3n) is 4.68. The Bertz CT molecular complexity index is 1240. The highest BCUT2D eigenvalue weighted by Gasteiger charge is 2.18. The summed E-state index contributed by atoms with van der Waals surface area (Å²) < 4.78 is 36.8. The first-order chi connectivity index (χ1) is 14.6. The van der Waals surface area contributed by atoms with Crippen LogP contribution in [0.4, 0.5) is 4.39 Å². The molecule has 1 atom stereocenters. The van der Waals surface area contributed by atoms with Gasteiger partial charge in [-0.15, -0.1) is 0 Å². The Hall–Kier alpha value is -3.37. The smallest absolute Gasteiger partial charge is 0.267 e. The van der Waals surface area contributed by atoms with Gasteiger partial charge in [0.2, 0.25) is 15.9 Å². The van der Waals surface area contributed by atoms with Gasteiger partial charge in [0, 0.05) is 18.2 Å². The van der Waals surface area contributed by atoms with E-state index in [1.807, 2.05) is 0 Å². The molecular weight excluding hydrogens is 423 g/mol. The first-order valence-corrected chi connectivity index (χ1v) is 10.9. The van der Waals surface area contributed by atoms with E-state index in [0.29, 0.717) is 17.7 Å². The number of nitrogens with two attached hydrogens (primary N) is 1. The maximum absolute atomic E-state index is 13.1. The van der Waals surface area contributed by atoms with Crippen LogP contribution in [0.15, 0.2) is 70.4 Å². The lowest BCUT2D eigenvalue weighted by atomic mass is 10.1. The molecule has 10 heteroatoms. The fraction of sp³-hybridized carbons (Fsp3) is 0.190. The lowest BCUT2D eigenvalue weighted by Crippen LogP contribution is -2.37. The van der Waals surface area contributed by atoms with Crippen LogP contribution in [0.25, 0.3) is 11.3 Å². The zero-order chi connectivity index (χ0) is 22.6. The molecule has 3 aromatic rings. The molecule has 0 radical (unpaired) electrons. The number of rotatable bonds is 7. The Morgan fingerprint density at radius 2 is 1.74 bits per heavy atom. The van der Waals surface area contributed by atoms with E-state index in [2.05, 4.69) is 10.4 Å². The van der Waals surface area contributed by atoms with Gasteiger partial charge in [-0.25, -0.2) is 22.6 Å². The number of halogens is 1. The number of nitrogens with zero attached hydrogens (tertiary/aromatic N) is 2. The van der Waals surface area contributed by atoms with Crippen LogP contribution in [0.1, 0.15) is 18.5 Å². The molecule has 162 valence electrons. The largest absolute Gasteiger partial charge is 0.354 e. The molecule has 0 aliphatic rings. The molecule has 1 aromatic heterocycles. The second-order valence-electron chi connectivity index (χ2n) is 6.91. The average molecular weight is 444 g/mol. The summed E-state index contributed by atoms with van der Waals surface area (Å²) >= 11 is 0. The number of hydrogen-bond donors (Lipinski definition) is 2. The van der Waals surface area contributed by atoms with Crippen molar-refractivity contribution in [3.63, 3.8) is 0 Å². The molecule has 3 N–H and O–H groups in total. The SMILES string of the molecule is CC(C(=O)NCCc1ccc(S(N)(=O)=O)cc1)n1nc(-c2ccc(F)cc2)ccc1=O. The molecular formula is C21H21FN4O4S. The molecule has 0 fully saturated rings. The van der Waals surface area contributed by atoms with Crippen LogP contribution in [0.5, 0.6) is 0 Å². The second-order valence-corrected chi connectivity index (χ2v) is 8.48. The Morgan fingerprint density at radius 3 is 2.35 bits per heavy atom. The number of carbonyl (C=O) groups excluding carboxylic acids is 1. The average Bonchev–Trinajstić information content (AvgIpc) is 2.74. The normalized spacial score (nSPS) is 12.4. The summed E-state index contributed by atoms with van der Waals surface area (Å²) in [5.74, 6) is -0.781. The number of amides is 1. The lowest BCUT2D eigenvalue weighted by Gasteiger charge is -2.15. The zero-order valence-electron chi connectivity index (χ0n) is 16.7. The molecule has 1 heterocycles. The third kappa shape index (κ3) is 5.62. The minimum absolute atomic E-state index is 0.0143. The van der Waals surface area contributed by atoms with Crippen molar-refractivity contribution in [1.82, 2.24) is 15.1 Å². The van der Waals surface area contributed by atoms with Gasteiger partial charge in [0.15, 0.2) is 0 Å². The van der Waals surface area contributed by atoms with Crippen molar-refractivity contribution < 1.29 is 17.6 Å². The summed E-state index contributed by atoms with van der Waals surface area (Å²) in [5, 5.41) is 12.0. The highest BCUT2D eigenvalue weighted by molar-refractivity contribution is 7.89. The Kier molecular flexibility index (Phi) is 6.62. The number of hydrogen-bond acceptors (Lipinski definition) is 5. The van der Waals surface area contributed by atoms with Crippen LogP contribution >= 0.6 is 0 Å². The minimum atomic E-state index is -3.75. The zero-order valence-corrected chi connectivity index (χ0v) is 17.5. The molecule has 1 amide bonds. The standard InChI is InChI=1S/C21H21FN4O4S/c1-14(21(28)24-13-12-15-2-8-18(9-3-15)31(23,29)30)26-20(27)11-10-19(25-26)16-4-6-17(22)7-5-16/h2-11,14H,12-13H2,1H3,(H,24,28)(H2,23,29,30). The van der Waals surface area contributed by atoms with Crippen LogP contribution < -0.4 is 16.0 Å². The molecule has 1 unspecified atom stereocenters. The first kappa shape index (κ1) is 22.3. The van der Waals surface area contributed by atoms with E-state index in [1.165, 1.54) is 36.4 Å². The van der Waals surface area contributed by atoms with E-state index in [4.69, 9.17) is 5.14 Å². The number of benzene rings is 2. The topological polar surface area (TPSA) is 124 Å². The fourth-order valence-corrected chi connectivity index (χ4v) is 3.43. The van der Waals surface area contributed by atoms with Gasteiger partial charge in [0.25, 0.3) is 5.56 Å². The molecule has 0 bridgehead atoms. The number of aromatic nitrogens is 2. The number of nitrogens with one attached hydrogen (secondary N) is 1. The predicted molar refractivity (Wildman–Crippen MR) is 113 cm³/mol. The number of carbonyl (C=O) groups is 1. The summed E-state index contributed by atoms with van der Waals surface area (Å²) in [6.07, 6.45) is 0.460. The van der Waals surface area contributed by atoms with Crippen molar-refractivity contribution in [2.24, 2.45) is 5.14 Å². The quantitative estimate of drug-likeness (QED) is 0.573. The Labute approximate surface area is 178 Å². The fourth-order valence-electron chi connectivity index (χ4n) is 2.91. The Morgan fingerprint density at radius 1 is 1.10 bits per heavy atom. The van der Waals surface area contributed by atoms with E-state index < -0.39 is 27.5 Å². The molecule has 3 rings (SSSR count). The van der Waals surface area contributed by atoms with Crippen molar-refractivity contribution in [2.45, 2.75) is 24.3 Å². The van der Waals surface area contributed by atoms with Gasteiger partial charge in [0.1, 0.15) is 11.9 Å². The number of sulfonamides is 1. The molecule has 0 aliphatic carbocycles. The molecule has 0 spiro atoms. The monoisotopic (exact) mass is 444 g/mol. The number of primary sulfonamides is 1. The van der Waals surface area contributed by atoms with Crippen molar-refractivity contribution in [1.29, 1.82) is 0 Å². The first-order valence-electron chi connectivity index (χ1n) is 9.40. The van der Waals surface area contributed by atoms with Crippen molar-refractivity contribution in [3.8, 4) is 11.3 Å². The van der Waals surface area contributed by atoms with Crippen molar-refractivity contribution >= 4 is 15.9 Å². The summed E-state index contributed by atoms with van der Waals surface area (Å²) in [5.41, 5.74) is 1.43. The van der Waals surface area contributed by atoms with Gasteiger partial charge in [0.05, 0.1) is 10.6 Å². The molecule has 0 saturated carbocycles. The van der Waals surface area contributed by atoms with Gasteiger partial charge in [-0.3, -0.25) is 9.59 Å². The Balaban J connectivity index is 1.65. The van der Waals surface area contributed by atoms with Gasteiger partial charge in [-0.1, -0.05) is 12.1 Å². The third-order valence-corrected chi connectivity index (χ3v) is 5.61. The van der Waals surface area contributed by atoms with Crippen LogP contribution in [0.2, 0.25) is 0 Å². The van der Waals surface area contributed by atoms with E-state index in [-0.39, 0.29) is 17.3 Å². The van der Waals surface area contributed by atoms with Crippen LogP contribution in [-0.2, 0) is 21.2 Å². The minimum Gasteiger partial charge on any atom is -0.354 e. The second kappa shape index (κ2) is 9.19. The molecule has 31 heavy (non-hydrogen) atoms. The summed E-state index contributed by atoms with van der Waals surface area (Å²) in [7, 11) is -3.75. The van der Waals surface area contributed by atoms with Crippen molar-refractivity contribution in [2.75, 3.05) is 6.54 Å². The van der Waals surface area contributed by atoms with E-state index in [9.17, 15) is 22.4 Å². The van der Waals surface area contributed by atoms with Gasteiger partial charge in [-0.2, -0.15) is 5.10 Å². The molecule has 0 saturated heterocycles. The van der Waals surface area contributed by atoms with Crippen molar-refractivity contribution in [3.05, 3.63) is 82.4 Å². The van der Waals surface area contributed by atoms with Crippen LogP contribution in [0.3, 0.4) is 0 Å². The maximum Gasteiger partial charge on any atom is 0.267 e. The maximum atomic E-state index is 13.1. The van der Waals surface area contributed by atoms with Gasteiger partial charge >= 0.3 is 0 Å². The van der Waals surface area contributed by atoms with Crippen LogP contribution in [-0.4, -0.2) is 30.7 Å². The summed E-state index contributed by atoms with van der Waals surface area (Å²) in [6, 6.07) is 13.7. The van der Waals surface area contributed by atoms with E-state index >= 15 is 0 Å². The summed E-state index contributed by atoms with van der Waals surface area (Å²) in [6.45, 7) is 1.84. The lowest BCUT2D eigenvalue weighted by molar-refractivity contribution is -0.124. The highest BCUT2D eigenvalue weighted by atomic mass is 32.2. The summed E-state index contributed by atoms with van der Waals surface area (Å²) in [4.78, 5) is 24.7. The van der Waals surface area contributed by atoms with Gasteiger partial charge in [-0.05, 0) is 61.4 Å². The predicted octanol–water partition coefficient (Wildman–Crippen LogP) is 1.62. The van der Waals surface area contributed by atoms with Crippen LogP contribution in [0, 0.1) is 5.82 Å². The van der Waals surface area contributed by atoms with Gasteiger partial charge < -0.3 is 5.32 Å².